The van der Waals surface area contributed by atoms with Gasteiger partial charge < -0.3 is 4.74 Å². The Labute approximate surface area is 79.9 Å². The molecule has 0 saturated heterocycles. The molecule has 0 unspecified atom stereocenters. The van der Waals surface area contributed by atoms with Crippen molar-refractivity contribution >= 4 is 5.97 Å². The third kappa shape index (κ3) is 4.51. The number of hydrogen-bond acceptors (Lipinski definition) is 2. The first kappa shape index (κ1) is 12.0. The standard InChI is InChI=1S/C10H18NO2/c1-5-9(6-2)7-13-10(12)8(3)11-4/h4,8-9H,5-7H2,1-3H3/q+1/t8-/m0/s1. The summed E-state index contributed by atoms with van der Waals surface area (Å²) in [5.74, 6) is 0.114. The minimum Gasteiger partial charge on any atom is -0.460 e. The summed E-state index contributed by atoms with van der Waals surface area (Å²) < 4.78 is 5.03. The number of rotatable bonds is 5. The van der Waals surface area contributed by atoms with Crippen LogP contribution < -0.4 is 0 Å². The number of carbonyl (C=O) groups excluding carboxylic acids is 1. The fraction of sp³-hybridized carbons (Fsp3) is 0.800. The van der Waals surface area contributed by atoms with Crippen LogP contribution in [0.2, 0.25) is 0 Å². The normalized spacial score (nSPS) is 12.2. The van der Waals surface area contributed by atoms with Crippen molar-refractivity contribution < 1.29 is 9.53 Å². The second-order valence-corrected chi connectivity index (χ2v) is 3.14. The van der Waals surface area contributed by atoms with E-state index in [1.807, 2.05) is 0 Å². The lowest BCUT2D eigenvalue weighted by Crippen LogP contribution is -2.20. The highest BCUT2D eigenvalue weighted by atomic mass is 16.5. The second-order valence-electron chi connectivity index (χ2n) is 3.14. The summed E-state index contributed by atoms with van der Waals surface area (Å²) in [7, 11) is 0. The van der Waals surface area contributed by atoms with Gasteiger partial charge in [0.2, 0.25) is 0 Å². The van der Waals surface area contributed by atoms with Crippen molar-refractivity contribution in [3.05, 3.63) is 4.85 Å². The number of esters is 1. The van der Waals surface area contributed by atoms with Crippen molar-refractivity contribution in [2.45, 2.75) is 39.7 Å². The van der Waals surface area contributed by atoms with Crippen LogP contribution in [0.4, 0.5) is 0 Å². The van der Waals surface area contributed by atoms with Crippen molar-refractivity contribution in [3.63, 3.8) is 0 Å². The maximum absolute atomic E-state index is 11.1. The van der Waals surface area contributed by atoms with E-state index in [-0.39, 0.29) is 5.97 Å². The first-order chi connectivity index (χ1) is 6.15. The molecule has 0 radical (unpaired) electrons. The lowest BCUT2D eigenvalue weighted by Gasteiger charge is -2.11. The maximum atomic E-state index is 11.1. The predicted molar refractivity (Wildman–Crippen MR) is 52.8 cm³/mol. The van der Waals surface area contributed by atoms with Crippen molar-refractivity contribution in [1.29, 1.82) is 0 Å². The Balaban J connectivity index is 3.76. The Morgan fingerprint density at radius 2 is 2.00 bits per heavy atom. The third-order valence-corrected chi connectivity index (χ3v) is 2.18. The van der Waals surface area contributed by atoms with Crippen LogP contribution in [0.25, 0.3) is 4.85 Å². The van der Waals surface area contributed by atoms with Gasteiger partial charge in [0.05, 0.1) is 6.61 Å². The molecule has 0 spiro atoms. The Kier molecular flexibility index (Phi) is 5.96. The number of nitrogens with zero attached hydrogens (tertiary/aromatic N) is 1. The molecule has 74 valence electrons. The van der Waals surface area contributed by atoms with Gasteiger partial charge >= 0.3 is 12.0 Å². The topological polar surface area (TPSA) is 30.7 Å². The van der Waals surface area contributed by atoms with Gasteiger partial charge in [-0.1, -0.05) is 31.5 Å². The largest absolute Gasteiger partial charge is 0.460 e. The smallest absolute Gasteiger partial charge is 0.394 e. The van der Waals surface area contributed by atoms with Crippen molar-refractivity contribution in [2.24, 2.45) is 5.92 Å². The van der Waals surface area contributed by atoms with Gasteiger partial charge in [-0.05, 0) is 5.92 Å². The van der Waals surface area contributed by atoms with E-state index in [0.717, 1.165) is 12.8 Å². The third-order valence-electron chi connectivity index (χ3n) is 2.18. The van der Waals surface area contributed by atoms with E-state index in [1.54, 1.807) is 6.92 Å². The predicted octanol–water partition coefficient (Wildman–Crippen LogP) is 2.32. The van der Waals surface area contributed by atoms with Gasteiger partial charge in [0.15, 0.2) is 0 Å². The molecular formula is C10H18NO2+. The molecule has 0 bridgehead atoms. The Morgan fingerprint density at radius 3 is 2.38 bits per heavy atom. The monoisotopic (exact) mass is 184 g/mol. The van der Waals surface area contributed by atoms with Gasteiger partial charge in [-0.25, -0.2) is 4.79 Å². The first-order valence-electron chi connectivity index (χ1n) is 4.72. The molecule has 0 saturated carbocycles. The highest BCUT2D eigenvalue weighted by Crippen LogP contribution is 2.08. The van der Waals surface area contributed by atoms with Gasteiger partial charge in [0.25, 0.3) is 6.57 Å². The van der Waals surface area contributed by atoms with Crippen LogP contribution in [0.5, 0.6) is 0 Å². The fourth-order valence-electron chi connectivity index (χ4n) is 0.906. The summed E-state index contributed by atoms with van der Waals surface area (Å²) in [4.78, 5) is 14.5. The van der Waals surface area contributed by atoms with Crippen molar-refractivity contribution in [3.8, 4) is 6.57 Å². The molecule has 1 atom stereocenters. The Bertz CT molecular complexity index is 192. The van der Waals surface area contributed by atoms with E-state index >= 15 is 0 Å². The zero-order valence-corrected chi connectivity index (χ0v) is 8.62. The summed E-state index contributed by atoms with van der Waals surface area (Å²) in [6, 6.07) is -0.547. The lowest BCUT2D eigenvalue weighted by molar-refractivity contribution is -0.145. The Hall–Kier alpha value is -1.04. The van der Waals surface area contributed by atoms with Crippen LogP contribution in [0.15, 0.2) is 0 Å². The van der Waals surface area contributed by atoms with Gasteiger partial charge in [-0.15, -0.1) is 0 Å². The first-order valence-corrected chi connectivity index (χ1v) is 4.72. The van der Waals surface area contributed by atoms with Crippen LogP contribution in [-0.2, 0) is 9.53 Å². The molecule has 0 aliphatic heterocycles. The molecule has 0 aromatic rings. The van der Waals surface area contributed by atoms with Crippen LogP contribution in [0.3, 0.4) is 0 Å². The van der Waals surface area contributed by atoms with Crippen molar-refractivity contribution in [1.82, 2.24) is 0 Å². The van der Waals surface area contributed by atoms with Crippen LogP contribution in [-0.4, -0.2) is 18.6 Å². The average molecular weight is 184 g/mol. The summed E-state index contributed by atoms with van der Waals surface area (Å²) in [6.07, 6.45) is 2.05. The molecule has 0 rings (SSSR count). The average Bonchev–Trinajstić information content (AvgIpc) is 2.17. The van der Waals surface area contributed by atoms with E-state index in [0.29, 0.717) is 12.5 Å². The van der Waals surface area contributed by atoms with Crippen LogP contribution in [0.1, 0.15) is 33.6 Å². The second kappa shape index (κ2) is 6.47. The van der Waals surface area contributed by atoms with E-state index in [2.05, 4.69) is 18.7 Å². The molecule has 0 aliphatic carbocycles. The van der Waals surface area contributed by atoms with Crippen LogP contribution in [0, 0.1) is 12.5 Å². The summed E-state index contributed by atoms with van der Waals surface area (Å²) in [5.41, 5.74) is 0. The van der Waals surface area contributed by atoms with Crippen molar-refractivity contribution in [2.75, 3.05) is 6.61 Å². The molecule has 13 heavy (non-hydrogen) atoms. The van der Waals surface area contributed by atoms with Gasteiger partial charge in [0, 0.05) is 6.92 Å². The number of hydrogen-bond donors (Lipinski definition) is 0. The summed E-state index contributed by atoms with van der Waals surface area (Å²) in [6.45, 7) is 11.2. The molecule has 0 amide bonds. The van der Waals surface area contributed by atoms with Gasteiger partial charge in [0.1, 0.15) is 0 Å². The summed E-state index contributed by atoms with van der Waals surface area (Å²) in [5, 5.41) is 0. The summed E-state index contributed by atoms with van der Waals surface area (Å²) >= 11 is 0. The highest BCUT2D eigenvalue weighted by molar-refractivity contribution is 5.77. The zero-order valence-electron chi connectivity index (χ0n) is 8.62. The minimum atomic E-state index is -0.547. The maximum Gasteiger partial charge on any atom is 0.394 e. The number of ether oxygens (including phenoxy) is 1. The lowest BCUT2D eigenvalue weighted by atomic mass is 10.1. The molecule has 0 heterocycles. The molecule has 0 aromatic heterocycles. The number of carbonyl (C=O) groups is 1. The molecule has 0 N–H and O–H groups in total. The zero-order chi connectivity index (χ0) is 10.3. The minimum absolute atomic E-state index is 0.339. The van der Waals surface area contributed by atoms with E-state index in [1.165, 1.54) is 0 Å². The quantitative estimate of drug-likeness (QED) is 0.614. The van der Waals surface area contributed by atoms with E-state index in [9.17, 15) is 4.79 Å². The fourth-order valence-corrected chi connectivity index (χ4v) is 0.906. The highest BCUT2D eigenvalue weighted by Gasteiger charge is 2.22. The molecular weight excluding hydrogens is 166 g/mol. The van der Waals surface area contributed by atoms with Crippen LogP contribution >= 0.6 is 0 Å². The molecule has 3 nitrogen and oxygen atoms in total. The molecule has 3 heteroatoms. The molecule has 0 aromatic carbocycles. The Morgan fingerprint density at radius 1 is 1.46 bits per heavy atom. The van der Waals surface area contributed by atoms with E-state index < -0.39 is 6.04 Å². The SMILES string of the molecule is C#[N+][C@@H](C)C(=O)OCC(CC)CC. The van der Waals surface area contributed by atoms with Gasteiger partial charge in [-0.3, -0.25) is 0 Å². The van der Waals surface area contributed by atoms with E-state index in [4.69, 9.17) is 11.3 Å². The molecule has 0 aliphatic rings. The molecule has 0 fully saturated rings. The van der Waals surface area contributed by atoms with Gasteiger partial charge in [-0.2, -0.15) is 0 Å².